The van der Waals surface area contributed by atoms with E-state index in [2.05, 4.69) is 9.78 Å². The highest BCUT2D eigenvalue weighted by Gasteiger charge is 2.72. The monoisotopic (exact) mass is 518 g/mol. The van der Waals surface area contributed by atoms with Crippen molar-refractivity contribution in [1.82, 2.24) is 0 Å². The highest BCUT2D eigenvalue weighted by atomic mass is 19.4. The summed E-state index contributed by atoms with van der Waals surface area (Å²) >= 11 is 0. The third kappa shape index (κ3) is 6.66. The van der Waals surface area contributed by atoms with Crippen LogP contribution in [0.4, 0.5) is 70.2 Å². The molecule has 4 nitrogen and oxygen atoms in total. The first kappa shape index (κ1) is 29.8. The van der Waals surface area contributed by atoms with E-state index in [-0.39, 0.29) is 0 Å². The third-order valence-electron chi connectivity index (χ3n) is 3.15. The van der Waals surface area contributed by atoms with Crippen LogP contribution in [-0.2, 0) is 19.4 Å². The lowest BCUT2D eigenvalue weighted by Gasteiger charge is -2.28. The summed E-state index contributed by atoms with van der Waals surface area (Å²) in [4.78, 5) is 26.2. The number of carbonyl (C=O) groups excluding carboxylic acids is 2. The van der Waals surface area contributed by atoms with Crippen LogP contribution in [0, 0.1) is 0 Å². The van der Waals surface area contributed by atoms with Gasteiger partial charge in [0.05, 0.1) is 12.8 Å². The van der Waals surface area contributed by atoms with Crippen molar-refractivity contribution in [2.24, 2.45) is 0 Å². The molecule has 20 heteroatoms. The summed E-state index contributed by atoms with van der Waals surface area (Å²) in [6.45, 7) is 0. The lowest BCUT2D eigenvalue weighted by Crippen LogP contribution is -2.56. The summed E-state index contributed by atoms with van der Waals surface area (Å²) in [7, 11) is 0. The maximum atomic E-state index is 13.2. The molecular formula is C12H6F16O4. The highest BCUT2D eigenvalue weighted by Crippen LogP contribution is 2.45. The van der Waals surface area contributed by atoms with E-state index < -0.39 is 73.2 Å². The highest BCUT2D eigenvalue weighted by molar-refractivity contribution is 5.82. The maximum Gasteiger partial charge on any atom is 0.431 e. The molecule has 190 valence electrons. The van der Waals surface area contributed by atoms with Gasteiger partial charge in [-0.2, -0.15) is 61.5 Å². The van der Waals surface area contributed by atoms with Crippen molar-refractivity contribution in [2.75, 3.05) is 0 Å². The zero-order valence-corrected chi connectivity index (χ0v) is 14.2. The Balaban J connectivity index is 5.44. The molecule has 0 saturated heterocycles. The summed E-state index contributed by atoms with van der Waals surface area (Å²) in [5.74, 6) is -34.6. The van der Waals surface area contributed by atoms with Crippen LogP contribution < -0.4 is 0 Å². The van der Waals surface area contributed by atoms with Crippen LogP contribution in [0.3, 0.4) is 0 Å². The van der Waals surface area contributed by atoms with Crippen molar-refractivity contribution in [3.8, 4) is 0 Å². The minimum absolute atomic E-state index is 2.37. The lowest BCUT2D eigenvalue weighted by atomic mass is 10.0. The largest absolute Gasteiger partial charge is 0.431 e. The molecule has 0 aliphatic heterocycles. The van der Waals surface area contributed by atoms with E-state index in [1.165, 1.54) is 0 Å². The van der Waals surface area contributed by atoms with E-state index in [4.69, 9.17) is 0 Å². The first-order valence-corrected chi connectivity index (χ1v) is 7.17. The molecule has 0 heterocycles. The number of alkyl halides is 16. The molecule has 32 heavy (non-hydrogen) atoms. The number of hydrogen-bond donors (Lipinski definition) is 0. The first-order chi connectivity index (χ1) is 13.8. The van der Waals surface area contributed by atoms with Crippen LogP contribution in [0.25, 0.3) is 0 Å². The fourth-order valence-corrected chi connectivity index (χ4v) is 1.51. The van der Waals surface area contributed by atoms with E-state index >= 15 is 0 Å². The Morgan fingerprint density at radius 1 is 0.531 bits per heavy atom. The fraction of sp³-hybridized carbons (Fsp3) is 0.833. The van der Waals surface area contributed by atoms with Gasteiger partial charge in [-0.1, -0.05) is 0 Å². The summed E-state index contributed by atoms with van der Waals surface area (Å²) in [5, 5.41) is 0. The van der Waals surface area contributed by atoms with Crippen LogP contribution in [-0.4, -0.2) is 60.3 Å². The SMILES string of the molecule is O=C(OOC(=O)C(F)(F)C(F)(F)C(F)CC(F)(F)F)C(F)(F)C(F)(F)C(F)CC(F)(F)F. The van der Waals surface area contributed by atoms with Gasteiger partial charge >= 0.3 is 48.0 Å². The van der Waals surface area contributed by atoms with Gasteiger partial charge < -0.3 is 0 Å². The molecule has 2 atom stereocenters. The van der Waals surface area contributed by atoms with Gasteiger partial charge in [0.15, 0.2) is 12.3 Å². The second kappa shape index (κ2) is 8.99. The van der Waals surface area contributed by atoms with Gasteiger partial charge in [0, 0.05) is 0 Å². The van der Waals surface area contributed by atoms with Crippen LogP contribution in [0.15, 0.2) is 0 Å². The number of carbonyl (C=O) groups is 2. The van der Waals surface area contributed by atoms with Crippen molar-refractivity contribution in [3.05, 3.63) is 0 Å². The zero-order valence-electron chi connectivity index (χ0n) is 14.2. The Kier molecular flexibility index (Phi) is 8.37. The average molecular weight is 518 g/mol. The molecular weight excluding hydrogens is 512 g/mol. The Bertz CT molecular complexity index is 623. The molecule has 0 aromatic heterocycles. The van der Waals surface area contributed by atoms with Gasteiger partial charge in [-0.3, -0.25) is 0 Å². The molecule has 0 rings (SSSR count). The predicted molar refractivity (Wildman–Crippen MR) is 63.1 cm³/mol. The normalized spacial score (nSPS) is 16.4. The summed E-state index contributed by atoms with van der Waals surface area (Å²) in [6.07, 6.45) is -27.9. The van der Waals surface area contributed by atoms with Crippen molar-refractivity contribution < 1.29 is 89.6 Å². The fourth-order valence-electron chi connectivity index (χ4n) is 1.51. The zero-order chi connectivity index (χ0) is 26.1. The van der Waals surface area contributed by atoms with Crippen molar-refractivity contribution in [2.45, 2.75) is 61.2 Å². The van der Waals surface area contributed by atoms with E-state index in [1.807, 2.05) is 0 Å². The van der Waals surface area contributed by atoms with Gasteiger partial charge in [0.2, 0.25) is 0 Å². The summed E-state index contributed by atoms with van der Waals surface area (Å²) in [5.41, 5.74) is 0. The van der Waals surface area contributed by atoms with Gasteiger partial charge in [0.1, 0.15) is 0 Å². The second-order valence-electron chi connectivity index (χ2n) is 5.71. The lowest BCUT2D eigenvalue weighted by molar-refractivity contribution is -0.323. The molecule has 0 amide bonds. The van der Waals surface area contributed by atoms with Crippen LogP contribution >= 0.6 is 0 Å². The van der Waals surface area contributed by atoms with E-state index in [9.17, 15) is 79.8 Å². The van der Waals surface area contributed by atoms with Crippen molar-refractivity contribution in [1.29, 1.82) is 0 Å². The first-order valence-electron chi connectivity index (χ1n) is 7.17. The van der Waals surface area contributed by atoms with Crippen LogP contribution in [0.1, 0.15) is 12.8 Å². The predicted octanol–water partition coefficient (Wildman–Crippen LogP) is 5.11. The van der Waals surface area contributed by atoms with Crippen molar-refractivity contribution in [3.63, 3.8) is 0 Å². The Morgan fingerprint density at radius 3 is 0.938 bits per heavy atom. The number of halogens is 16. The molecule has 0 fully saturated rings. The van der Waals surface area contributed by atoms with Gasteiger partial charge in [-0.15, -0.1) is 0 Å². The van der Waals surface area contributed by atoms with Crippen LogP contribution in [0.5, 0.6) is 0 Å². The molecule has 0 aliphatic rings. The van der Waals surface area contributed by atoms with Gasteiger partial charge in [-0.25, -0.2) is 28.1 Å². The molecule has 0 spiro atoms. The molecule has 2 unspecified atom stereocenters. The smallest absolute Gasteiger partial charge is 0.240 e. The quantitative estimate of drug-likeness (QED) is 0.255. The van der Waals surface area contributed by atoms with Crippen LogP contribution in [0.2, 0.25) is 0 Å². The molecule has 0 aromatic rings. The van der Waals surface area contributed by atoms with E-state index in [0.717, 1.165) is 0 Å². The Morgan fingerprint density at radius 2 is 0.750 bits per heavy atom. The number of rotatable bonds is 8. The minimum Gasteiger partial charge on any atom is -0.240 e. The Hall–Kier alpha value is -2.18. The summed E-state index contributed by atoms with van der Waals surface area (Å²) in [6, 6.07) is 0. The molecule has 0 bridgehead atoms. The third-order valence-corrected chi connectivity index (χ3v) is 3.15. The molecule has 0 N–H and O–H groups in total. The second-order valence-corrected chi connectivity index (χ2v) is 5.71. The number of hydrogen-bond acceptors (Lipinski definition) is 4. The Labute approximate surface area is 164 Å². The standard InChI is InChI=1S/C12H6F16O4/c13-3(1-7(15,16)17)9(21,22)11(25,26)5(29)31-32-6(30)12(27,28)10(23,24)4(14)2-8(18,19)20/h3-4H,1-2H2. The van der Waals surface area contributed by atoms with Crippen molar-refractivity contribution >= 4 is 11.9 Å². The molecule has 0 aliphatic carbocycles. The molecule has 0 radical (unpaired) electrons. The van der Waals surface area contributed by atoms with Gasteiger partial charge in [-0.05, 0) is 0 Å². The van der Waals surface area contributed by atoms with Gasteiger partial charge in [0.25, 0.3) is 0 Å². The molecule has 0 aromatic carbocycles. The minimum atomic E-state index is -6.69. The summed E-state index contributed by atoms with van der Waals surface area (Å²) < 4.78 is 202. The maximum absolute atomic E-state index is 13.2. The van der Waals surface area contributed by atoms with E-state index in [0.29, 0.717) is 0 Å². The topological polar surface area (TPSA) is 52.6 Å². The van der Waals surface area contributed by atoms with E-state index in [1.54, 1.807) is 0 Å². The molecule has 0 saturated carbocycles. The average Bonchev–Trinajstić information content (AvgIpc) is 2.55.